The molecule has 148 valence electrons. The summed E-state index contributed by atoms with van der Waals surface area (Å²) in [6.07, 6.45) is 4.02. The monoisotopic (exact) mass is 384 g/mol. The van der Waals surface area contributed by atoms with Crippen LogP contribution in [0.15, 0.2) is 24.3 Å². The van der Waals surface area contributed by atoms with Crippen molar-refractivity contribution in [2.24, 2.45) is 11.8 Å². The zero-order chi connectivity index (χ0) is 19.8. The van der Waals surface area contributed by atoms with Crippen molar-refractivity contribution in [3.63, 3.8) is 0 Å². The Morgan fingerprint density at radius 2 is 1.75 bits per heavy atom. The average molecular weight is 384 g/mol. The first-order valence-electron chi connectivity index (χ1n) is 9.91. The number of amides is 3. The van der Waals surface area contributed by atoms with Gasteiger partial charge in [-0.05, 0) is 37.8 Å². The highest BCUT2D eigenvalue weighted by molar-refractivity contribution is 6.08. The van der Waals surface area contributed by atoms with Crippen LogP contribution in [-0.2, 0) is 30.3 Å². The number of esters is 1. The third kappa shape index (κ3) is 3.08. The number of carbonyl (C=O) groups excluding carboxylic acids is 4. The number of benzene rings is 1. The molecule has 0 unspecified atom stereocenters. The SMILES string of the molecule is C[C@@H](C(=O)OCC(=O)N1CCc2ccccc21)N1C(=O)[C@@H]2CCCC[C@H]2C1=O. The second-order valence-corrected chi connectivity index (χ2v) is 7.75. The molecule has 1 aliphatic carbocycles. The van der Waals surface area contributed by atoms with Crippen LogP contribution >= 0.6 is 0 Å². The van der Waals surface area contributed by atoms with E-state index in [1.165, 1.54) is 6.92 Å². The van der Waals surface area contributed by atoms with E-state index in [1.807, 2.05) is 24.3 Å². The van der Waals surface area contributed by atoms with Gasteiger partial charge in [-0.3, -0.25) is 19.3 Å². The second kappa shape index (κ2) is 7.37. The summed E-state index contributed by atoms with van der Waals surface area (Å²) < 4.78 is 5.18. The van der Waals surface area contributed by atoms with Crippen LogP contribution in [0.4, 0.5) is 5.69 Å². The summed E-state index contributed by atoms with van der Waals surface area (Å²) >= 11 is 0. The molecule has 28 heavy (non-hydrogen) atoms. The van der Waals surface area contributed by atoms with Crippen LogP contribution in [0.25, 0.3) is 0 Å². The molecule has 0 aromatic heterocycles. The maximum atomic E-state index is 12.6. The normalized spacial score (nSPS) is 24.8. The maximum Gasteiger partial charge on any atom is 0.329 e. The van der Waals surface area contributed by atoms with Gasteiger partial charge in [-0.1, -0.05) is 31.0 Å². The fourth-order valence-corrected chi connectivity index (χ4v) is 4.60. The van der Waals surface area contributed by atoms with E-state index in [0.717, 1.165) is 35.4 Å². The van der Waals surface area contributed by atoms with Gasteiger partial charge in [-0.25, -0.2) is 4.79 Å². The number of likely N-dealkylation sites (tertiary alicyclic amines) is 1. The molecule has 7 heteroatoms. The Labute approximate surface area is 163 Å². The largest absolute Gasteiger partial charge is 0.454 e. The fraction of sp³-hybridized carbons (Fsp3) is 0.524. The third-order valence-corrected chi connectivity index (χ3v) is 6.13. The van der Waals surface area contributed by atoms with Crippen LogP contribution in [0, 0.1) is 11.8 Å². The predicted octanol–water partition coefficient (Wildman–Crippen LogP) is 1.68. The van der Waals surface area contributed by atoms with Crippen molar-refractivity contribution in [1.82, 2.24) is 4.90 Å². The molecule has 0 N–H and O–H groups in total. The fourth-order valence-electron chi connectivity index (χ4n) is 4.60. The molecule has 3 atom stereocenters. The van der Waals surface area contributed by atoms with Crippen LogP contribution < -0.4 is 4.90 Å². The number of nitrogens with zero attached hydrogens (tertiary/aromatic N) is 2. The Bertz CT molecular complexity index is 812. The van der Waals surface area contributed by atoms with E-state index in [4.69, 9.17) is 4.74 Å². The highest BCUT2D eigenvalue weighted by Crippen LogP contribution is 2.39. The van der Waals surface area contributed by atoms with Gasteiger partial charge in [0.2, 0.25) is 11.8 Å². The van der Waals surface area contributed by atoms with Gasteiger partial charge >= 0.3 is 5.97 Å². The van der Waals surface area contributed by atoms with Gasteiger partial charge in [0.05, 0.1) is 11.8 Å². The van der Waals surface area contributed by atoms with E-state index in [0.29, 0.717) is 19.4 Å². The first-order valence-corrected chi connectivity index (χ1v) is 9.91. The Kier molecular flexibility index (Phi) is 4.91. The Hall–Kier alpha value is -2.70. The summed E-state index contributed by atoms with van der Waals surface area (Å²) in [5.74, 6) is -2.20. The number of fused-ring (bicyclic) bond motifs is 2. The number of carbonyl (C=O) groups is 4. The lowest BCUT2D eigenvalue weighted by molar-refractivity contribution is -0.159. The minimum Gasteiger partial charge on any atom is -0.454 e. The minimum absolute atomic E-state index is 0.279. The molecular weight excluding hydrogens is 360 g/mol. The smallest absolute Gasteiger partial charge is 0.329 e. The highest BCUT2D eigenvalue weighted by Gasteiger charge is 2.51. The first kappa shape index (κ1) is 18.7. The molecule has 2 fully saturated rings. The lowest BCUT2D eigenvalue weighted by atomic mass is 9.81. The summed E-state index contributed by atoms with van der Waals surface area (Å²) in [4.78, 5) is 52.8. The maximum absolute atomic E-state index is 12.6. The average Bonchev–Trinajstić information content (AvgIpc) is 3.25. The van der Waals surface area contributed by atoms with E-state index < -0.39 is 18.6 Å². The molecule has 1 saturated carbocycles. The van der Waals surface area contributed by atoms with Crippen molar-refractivity contribution in [2.45, 2.75) is 45.1 Å². The quantitative estimate of drug-likeness (QED) is 0.583. The predicted molar refractivity (Wildman–Crippen MR) is 100 cm³/mol. The first-order chi connectivity index (χ1) is 13.5. The van der Waals surface area contributed by atoms with Crippen LogP contribution in [0.3, 0.4) is 0 Å². The van der Waals surface area contributed by atoms with Crippen molar-refractivity contribution in [3.05, 3.63) is 29.8 Å². The van der Waals surface area contributed by atoms with Gasteiger partial charge in [0, 0.05) is 12.2 Å². The van der Waals surface area contributed by atoms with E-state index in [1.54, 1.807) is 4.90 Å². The minimum atomic E-state index is -1.01. The van der Waals surface area contributed by atoms with E-state index in [2.05, 4.69) is 0 Å². The Morgan fingerprint density at radius 3 is 2.43 bits per heavy atom. The van der Waals surface area contributed by atoms with Crippen LogP contribution in [0.1, 0.15) is 38.2 Å². The van der Waals surface area contributed by atoms with Crippen LogP contribution in [0.2, 0.25) is 0 Å². The second-order valence-electron chi connectivity index (χ2n) is 7.75. The lowest BCUT2D eigenvalue weighted by Crippen LogP contribution is -2.45. The van der Waals surface area contributed by atoms with E-state index >= 15 is 0 Å². The van der Waals surface area contributed by atoms with Gasteiger partial charge in [0.25, 0.3) is 5.91 Å². The van der Waals surface area contributed by atoms with Crippen molar-refractivity contribution in [3.8, 4) is 0 Å². The van der Waals surface area contributed by atoms with Crippen molar-refractivity contribution in [1.29, 1.82) is 0 Å². The summed E-state index contributed by atoms with van der Waals surface area (Å²) in [7, 11) is 0. The molecule has 4 rings (SSSR count). The lowest BCUT2D eigenvalue weighted by Gasteiger charge is -2.22. The van der Waals surface area contributed by atoms with Gasteiger partial charge in [-0.15, -0.1) is 0 Å². The molecule has 0 spiro atoms. The summed E-state index contributed by atoms with van der Waals surface area (Å²) in [5.41, 5.74) is 1.93. The number of hydrogen-bond acceptors (Lipinski definition) is 5. The summed E-state index contributed by atoms with van der Waals surface area (Å²) in [6, 6.07) is 6.62. The Balaban J connectivity index is 1.37. The number of para-hydroxylation sites is 1. The van der Waals surface area contributed by atoms with Gasteiger partial charge in [0.1, 0.15) is 6.04 Å². The molecule has 1 saturated heterocycles. The van der Waals surface area contributed by atoms with Crippen molar-refractivity contribution >= 4 is 29.4 Å². The van der Waals surface area contributed by atoms with Crippen molar-refractivity contribution in [2.75, 3.05) is 18.1 Å². The van der Waals surface area contributed by atoms with Gasteiger partial charge < -0.3 is 9.64 Å². The number of ether oxygens (including phenoxy) is 1. The summed E-state index contributed by atoms with van der Waals surface area (Å²) in [5, 5.41) is 0. The van der Waals surface area contributed by atoms with E-state index in [-0.39, 0.29) is 29.6 Å². The molecule has 1 aromatic rings. The zero-order valence-electron chi connectivity index (χ0n) is 15.9. The van der Waals surface area contributed by atoms with Gasteiger partial charge in [-0.2, -0.15) is 0 Å². The molecule has 1 aromatic carbocycles. The Morgan fingerprint density at radius 1 is 1.11 bits per heavy atom. The van der Waals surface area contributed by atoms with Crippen LogP contribution in [0.5, 0.6) is 0 Å². The molecule has 3 amide bonds. The molecular formula is C21H24N2O5. The topological polar surface area (TPSA) is 84.0 Å². The molecule has 0 radical (unpaired) electrons. The number of anilines is 1. The highest BCUT2D eigenvalue weighted by atomic mass is 16.5. The number of rotatable bonds is 4. The standard InChI is InChI=1S/C21H24N2O5/c1-13(23-19(25)15-7-3-4-8-16(15)20(23)26)21(27)28-12-18(24)22-11-10-14-6-2-5-9-17(14)22/h2,5-6,9,13,15-16H,3-4,7-8,10-12H2,1H3/t13-,15+,16+/m0/s1. The van der Waals surface area contributed by atoms with Crippen LogP contribution in [-0.4, -0.2) is 47.8 Å². The molecule has 3 aliphatic rings. The summed E-state index contributed by atoms with van der Waals surface area (Å²) in [6.45, 7) is 1.64. The van der Waals surface area contributed by atoms with Crippen molar-refractivity contribution < 1.29 is 23.9 Å². The molecule has 0 bridgehead atoms. The third-order valence-electron chi connectivity index (χ3n) is 6.13. The molecule has 2 heterocycles. The molecule has 7 nitrogen and oxygen atoms in total. The number of hydrogen-bond donors (Lipinski definition) is 0. The molecule has 2 aliphatic heterocycles. The van der Waals surface area contributed by atoms with Gasteiger partial charge in [0.15, 0.2) is 6.61 Å². The van der Waals surface area contributed by atoms with E-state index in [9.17, 15) is 19.2 Å². The zero-order valence-corrected chi connectivity index (χ0v) is 15.9. The number of imide groups is 1.